The van der Waals surface area contributed by atoms with Crippen molar-refractivity contribution >= 4 is 0 Å². The first-order valence-corrected chi connectivity index (χ1v) is 12.7. The van der Waals surface area contributed by atoms with Crippen molar-refractivity contribution < 1.29 is 14.2 Å². The minimum atomic E-state index is -0.707. The van der Waals surface area contributed by atoms with Crippen LogP contribution in [0.5, 0.6) is 11.5 Å². The molecular weight excluding hydrogens is 420 g/mol. The summed E-state index contributed by atoms with van der Waals surface area (Å²) in [6.45, 7) is 2.96. The molecule has 3 rings (SSSR count). The first-order valence-electron chi connectivity index (χ1n) is 12.7. The number of hydrogen-bond acceptors (Lipinski definition) is 3. The summed E-state index contributed by atoms with van der Waals surface area (Å²) >= 11 is 0. The van der Waals surface area contributed by atoms with Crippen LogP contribution in [0.4, 0.5) is 0 Å². The Kier molecular flexibility index (Phi) is 10.5. The zero-order valence-corrected chi connectivity index (χ0v) is 21.1. The van der Waals surface area contributed by atoms with Crippen molar-refractivity contribution in [1.82, 2.24) is 0 Å². The second kappa shape index (κ2) is 13.8. The molecule has 3 aromatic carbocycles. The van der Waals surface area contributed by atoms with E-state index in [1.54, 1.807) is 14.2 Å². The third kappa shape index (κ3) is 6.64. The molecule has 0 N–H and O–H groups in total. The predicted molar refractivity (Wildman–Crippen MR) is 141 cm³/mol. The van der Waals surface area contributed by atoms with Crippen LogP contribution in [0, 0.1) is 0 Å². The highest BCUT2D eigenvalue weighted by Gasteiger charge is 2.37. The molecule has 0 radical (unpaired) electrons. The van der Waals surface area contributed by atoms with E-state index in [9.17, 15) is 0 Å². The van der Waals surface area contributed by atoms with Gasteiger partial charge in [-0.05, 0) is 47.4 Å². The average Bonchev–Trinajstić information content (AvgIpc) is 2.91. The zero-order valence-electron chi connectivity index (χ0n) is 21.1. The zero-order chi connectivity index (χ0) is 24.1. The summed E-state index contributed by atoms with van der Waals surface area (Å²) in [6.07, 6.45) is 10.2. The van der Waals surface area contributed by atoms with Gasteiger partial charge < -0.3 is 14.2 Å². The Morgan fingerprint density at radius 3 is 1.44 bits per heavy atom. The lowest BCUT2D eigenvalue weighted by Crippen LogP contribution is -2.33. The average molecular weight is 461 g/mol. The highest BCUT2D eigenvalue weighted by atomic mass is 16.5. The fourth-order valence-corrected chi connectivity index (χ4v) is 4.54. The number of ether oxygens (including phenoxy) is 3. The van der Waals surface area contributed by atoms with Crippen LogP contribution in [0.2, 0.25) is 0 Å². The van der Waals surface area contributed by atoms with Crippen LogP contribution >= 0.6 is 0 Å². The van der Waals surface area contributed by atoms with Gasteiger partial charge >= 0.3 is 0 Å². The molecule has 3 aromatic rings. The van der Waals surface area contributed by atoms with Crippen LogP contribution in [0.1, 0.15) is 75.0 Å². The van der Waals surface area contributed by atoms with Crippen molar-refractivity contribution in [2.45, 2.75) is 63.9 Å². The maximum atomic E-state index is 6.90. The van der Waals surface area contributed by atoms with Gasteiger partial charge in [-0.1, -0.05) is 106 Å². The summed E-state index contributed by atoms with van der Waals surface area (Å²) < 4.78 is 17.8. The summed E-state index contributed by atoms with van der Waals surface area (Å²) in [4.78, 5) is 0. The molecule has 0 saturated heterocycles. The maximum absolute atomic E-state index is 6.90. The lowest BCUT2D eigenvalue weighted by Gasteiger charge is -2.36. The summed E-state index contributed by atoms with van der Waals surface area (Å²) in [6, 6.07) is 27.0. The second-order valence-electron chi connectivity index (χ2n) is 8.83. The van der Waals surface area contributed by atoms with Crippen molar-refractivity contribution in [1.29, 1.82) is 0 Å². The number of unbranched alkanes of at least 4 members (excludes halogenated alkanes) is 7. The molecular formula is C31H40O3. The number of hydrogen-bond donors (Lipinski definition) is 0. The van der Waals surface area contributed by atoms with E-state index in [1.165, 1.54) is 44.9 Å². The third-order valence-electron chi connectivity index (χ3n) is 6.49. The summed E-state index contributed by atoms with van der Waals surface area (Å²) in [5.41, 5.74) is 2.58. The lowest BCUT2D eigenvalue weighted by atomic mass is 9.80. The van der Waals surface area contributed by atoms with Gasteiger partial charge in [-0.15, -0.1) is 0 Å². The molecule has 0 bridgehead atoms. The van der Waals surface area contributed by atoms with Crippen molar-refractivity contribution in [2.24, 2.45) is 0 Å². The molecule has 182 valence electrons. The smallest absolute Gasteiger partial charge is 0.143 e. The summed E-state index contributed by atoms with van der Waals surface area (Å²) in [5, 5.41) is 0. The molecule has 0 aliphatic heterocycles. The van der Waals surface area contributed by atoms with Gasteiger partial charge in [0.05, 0.1) is 14.2 Å². The Balaban J connectivity index is 1.87. The first kappa shape index (κ1) is 25.8. The van der Waals surface area contributed by atoms with Crippen LogP contribution in [0.25, 0.3) is 0 Å². The Labute approximate surface area is 206 Å². The van der Waals surface area contributed by atoms with Crippen molar-refractivity contribution in [3.8, 4) is 11.5 Å². The second-order valence-corrected chi connectivity index (χ2v) is 8.83. The van der Waals surface area contributed by atoms with Gasteiger partial charge in [-0.25, -0.2) is 0 Å². The van der Waals surface area contributed by atoms with Gasteiger partial charge in [0.15, 0.2) is 0 Å². The van der Waals surface area contributed by atoms with Crippen LogP contribution in [-0.2, 0) is 10.3 Å². The van der Waals surface area contributed by atoms with Gasteiger partial charge in [0.2, 0.25) is 0 Å². The molecule has 0 unspecified atom stereocenters. The van der Waals surface area contributed by atoms with Gasteiger partial charge in [0.25, 0.3) is 0 Å². The molecule has 3 nitrogen and oxygen atoms in total. The van der Waals surface area contributed by atoms with E-state index in [0.717, 1.165) is 34.6 Å². The number of rotatable bonds is 15. The quantitative estimate of drug-likeness (QED) is 0.169. The summed E-state index contributed by atoms with van der Waals surface area (Å²) in [5.74, 6) is 1.67. The Morgan fingerprint density at radius 1 is 0.529 bits per heavy atom. The van der Waals surface area contributed by atoms with E-state index < -0.39 is 5.60 Å². The van der Waals surface area contributed by atoms with E-state index >= 15 is 0 Å². The number of benzene rings is 3. The molecule has 0 saturated carbocycles. The minimum Gasteiger partial charge on any atom is -0.497 e. The van der Waals surface area contributed by atoms with Crippen LogP contribution in [0.15, 0.2) is 78.9 Å². The molecule has 3 heteroatoms. The molecule has 0 aliphatic rings. The van der Waals surface area contributed by atoms with Gasteiger partial charge in [0.1, 0.15) is 17.1 Å². The molecule has 0 amide bonds. The van der Waals surface area contributed by atoms with Crippen molar-refractivity contribution in [3.63, 3.8) is 0 Å². The normalized spacial score (nSPS) is 11.4. The minimum absolute atomic E-state index is 0.696. The molecule has 0 aliphatic carbocycles. The van der Waals surface area contributed by atoms with E-state index in [4.69, 9.17) is 14.2 Å². The molecule has 34 heavy (non-hydrogen) atoms. The molecule has 0 spiro atoms. The highest BCUT2D eigenvalue weighted by molar-refractivity contribution is 5.49. The predicted octanol–water partition coefficient (Wildman–Crippen LogP) is 8.15. The van der Waals surface area contributed by atoms with Crippen molar-refractivity contribution in [3.05, 3.63) is 95.6 Å². The van der Waals surface area contributed by atoms with E-state index in [2.05, 4.69) is 61.5 Å². The molecule has 0 fully saturated rings. The highest BCUT2D eigenvalue weighted by Crippen LogP contribution is 2.41. The topological polar surface area (TPSA) is 27.7 Å². The van der Waals surface area contributed by atoms with Crippen molar-refractivity contribution in [2.75, 3.05) is 20.8 Å². The first-order chi connectivity index (χ1) is 16.7. The standard InChI is InChI=1S/C31H40O3/c1-4-5-6-7-8-9-10-14-25-34-31(26-15-12-11-13-16-26,27-17-21-29(32-2)22-18-27)28-19-23-30(33-3)24-20-28/h11-13,15-24H,4-10,14,25H2,1-3H3. The fraction of sp³-hybridized carbons (Fsp3) is 0.419. The third-order valence-corrected chi connectivity index (χ3v) is 6.49. The van der Waals surface area contributed by atoms with E-state index in [1.807, 2.05) is 24.3 Å². The fourth-order valence-electron chi connectivity index (χ4n) is 4.54. The SMILES string of the molecule is CCCCCCCCCCOC(c1ccccc1)(c1ccc(OC)cc1)c1ccc(OC)cc1. The molecule has 0 aromatic heterocycles. The lowest BCUT2D eigenvalue weighted by molar-refractivity contribution is 0.0106. The van der Waals surface area contributed by atoms with E-state index in [0.29, 0.717) is 6.61 Å². The maximum Gasteiger partial charge on any atom is 0.143 e. The summed E-state index contributed by atoms with van der Waals surface area (Å²) in [7, 11) is 3.39. The van der Waals surface area contributed by atoms with Gasteiger partial charge in [-0.3, -0.25) is 0 Å². The van der Waals surface area contributed by atoms with Crippen LogP contribution in [0.3, 0.4) is 0 Å². The van der Waals surface area contributed by atoms with Crippen LogP contribution in [-0.4, -0.2) is 20.8 Å². The molecule has 0 heterocycles. The van der Waals surface area contributed by atoms with Gasteiger partial charge in [0, 0.05) is 6.61 Å². The van der Waals surface area contributed by atoms with Gasteiger partial charge in [-0.2, -0.15) is 0 Å². The molecule has 0 atom stereocenters. The largest absolute Gasteiger partial charge is 0.497 e. The Bertz CT molecular complexity index is 885. The number of methoxy groups -OCH3 is 2. The monoisotopic (exact) mass is 460 g/mol. The Morgan fingerprint density at radius 2 is 0.971 bits per heavy atom. The Hall–Kier alpha value is -2.78. The van der Waals surface area contributed by atoms with Crippen LogP contribution < -0.4 is 9.47 Å². The van der Waals surface area contributed by atoms with E-state index in [-0.39, 0.29) is 0 Å².